The van der Waals surface area contributed by atoms with Gasteiger partial charge in [-0.05, 0) is 24.5 Å². The predicted molar refractivity (Wildman–Crippen MR) is 83.2 cm³/mol. The largest absolute Gasteiger partial charge is 0.354 e. The van der Waals surface area contributed by atoms with Crippen LogP contribution in [0, 0.1) is 6.92 Å². The fourth-order valence-electron chi connectivity index (χ4n) is 2.66. The number of carbonyl (C=O) groups is 1. The molecule has 0 unspecified atom stereocenters. The van der Waals surface area contributed by atoms with E-state index in [9.17, 15) is 4.79 Å². The number of H-pyrrole nitrogens is 1. The summed E-state index contributed by atoms with van der Waals surface area (Å²) in [6, 6.07) is 14.4. The topological polar surface area (TPSA) is 32.9 Å². The molecule has 0 radical (unpaired) electrons. The van der Waals surface area contributed by atoms with Crippen molar-refractivity contribution in [2.24, 2.45) is 0 Å². The third-order valence-corrected chi connectivity index (χ3v) is 3.80. The first-order valence-electron chi connectivity index (χ1n) is 6.90. The van der Waals surface area contributed by atoms with Gasteiger partial charge in [-0.25, -0.2) is 0 Å². The van der Waals surface area contributed by atoms with Crippen LogP contribution in [0.2, 0.25) is 0 Å². The van der Waals surface area contributed by atoms with Gasteiger partial charge in [0.05, 0.1) is 5.69 Å². The van der Waals surface area contributed by atoms with Crippen molar-refractivity contribution in [3.8, 4) is 11.3 Å². The van der Waals surface area contributed by atoms with Gasteiger partial charge in [0, 0.05) is 16.5 Å². The Labute approximate surface area is 118 Å². The number of aromatic amines is 1. The predicted octanol–water partition coefficient (Wildman–Crippen LogP) is 4.52. The molecule has 1 heterocycles. The van der Waals surface area contributed by atoms with Crippen LogP contribution < -0.4 is 0 Å². The van der Waals surface area contributed by atoms with Crippen LogP contribution in [-0.4, -0.2) is 11.3 Å². The van der Waals surface area contributed by atoms with Gasteiger partial charge in [-0.15, -0.1) is 0 Å². The highest BCUT2D eigenvalue weighted by Crippen LogP contribution is 2.31. The Morgan fingerprint density at radius 2 is 1.85 bits per heavy atom. The Bertz CT molecular complexity index is 766. The molecule has 0 saturated heterocycles. The van der Waals surface area contributed by atoms with E-state index in [2.05, 4.69) is 49.2 Å². The lowest BCUT2D eigenvalue weighted by molar-refractivity contribution is 0.112. The Hall–Kier alpha value is -2.35. The number of aldehydes is 1. The Balaban J connectivity index is 2.30. The first-order chi connectivity index (χ1) is 9.74. The number of nitrogens with one attached hydrogen (secondary N) is 1. The van der Waals surface area contributed by atoms with Gasteiger partial charge in [-0.1, -0.05) is 55.0 Å². The number of para-hydroxylation sites is 1. The second kappa shape index (κ2) is 4.97. The molecule has 0 bridgehead atoms. The summed E-state index contributed by atoms with van der Waals surface area (Å²) < 4.78 is 0. The summed E-state index contributed by atoms with van der Waals surface area (Å²) in [5.41, 5.74) is 6.24. The average Bonchev–Trinajstić information content (AvgIpc) is 2.86. The van der Waals surface area contributed by atoms with Crippen LogP contribution in [0.25, 0.3) is 22.2 Å². The van der Waals surface area contributed by atoms with Gasteiger partial charge < -0.3 is 4.98 Å². The number of fused-ring (bicyclic) bond motifs is 1. The molecule has 0 fully saturated rings. The zero-order valence-corrected chi connectivity index (χ0v) is 11.7. The second-order valence-electron chi connectivity index (χ2n) is 5.09. The van der Waals surface area contributed by atoms with Crippen molar-refractivity contribution in [1.29, 1.82) is 0 Å². The smallest absolute Gasteiger partial charge is 0.152 e. The van der Waals surface area contributed by atoms with Crippen LogP contribution in [-0.2, 0) is 6.42 Å². The highest BCUT2D eigenvalue weighted by molar-refractivity contribution is 6.05. The minimum atomic E-state index is 0.749. The summed E-state index contributed by atoms with van der Waals surface area (Å²) in [6.45, 7) is 4.19. The number of rotatable bonds is 3. The van der Waals surface area contributed by atoms with Crippen molar-refractivity contribution in [3.05, 3.63) is 59.2 Å². The van der Waals surface area contributed by atoms with Crippen LogP contribution in [0.5, 0.6) is 0 Å². The second-order valence-corrected chi connectivity index (χ2v) is 5.09. The summed E-state index contributed by atoms with van der Waals surface area (Å²) in [4.78, 5) is 15.0. The maximum atomic E-state index is 11.5. The number of hydrogen-bond donors (Lipinski definition) is 1. The molecule has 20 heavy (non-hydrogen) atoms. The van der Waals surface area contributed by atoms with Gasteiger partial charge in [-0.3, -0.25) is 4.79 Å². The molecule has 0 saturated carbocycles. The molecule has 0 aliphatic heterocycles. The molecule has 3 rings (SSSR count). The first kappa shape index (κ1) is 12.7. The number of aromatic nitrogens is 1. The molecule has 2 nitrogen and oxygen atoms in total. The zero-order chi connectivity index (χ0) is 14.1. The quantitative estimate of drug-likeness (QED) is 0.692. The molecule has 2 heteroatoms. The highest BCUT2D eigenvalue weighted by Gasteiger charge is 2.13. The molecule has 1 N–H and O–H groups in total. The molecule has 2 aromatic carbocycles. The first-order valence-corrected chi connectivity index (χ1v) is 6.90. The average molecular weight is 263 g/mol. The van der Waals surface area contributed by atoms with Gasteiger partial charge in [0.1, 0.15) is 0 Å². The van der Waals surface area contributed by atoms with Gasteiger partial charge in [0.2, 0.25) is 0 Å². The zero-order valence-electron chi connectivity index (χ0n) is 11.7. The minimum absolute atomic E-state index is 0.749. The number of benzene rings is 2. The van der Waals surface area contributed by atoms with E-state index in [1.54, 1.807) is 0 Å². The molecular formula is C18H17NO. The van der Waals surface area contributed by atoms with Gasteiger partial charge in [-0.2, -0.15) is 0 Å². The maximum Gasteiger partial charge on any atom is 0.152 e. The third-order valence-electron chi connectivity index (χ3n) is 3.80. The van der Waals surface area contributed by atoms with Crippen molar-refractivity contribution in [1.82, 2.24) is 4.98 Å². The molecule has 0 amide bonds. The summed E-state index contributed by atoms with van der Waals surface area (Å²) >= 11 is 0. The molecule has 0 aliphatic carbocycles. The van der Waals surface area contributed by atoms with Crippen LogP contribution in [0.4, 0.5) is 0 Å². The lowest BCUT2D eigenvalue weighted by Gasteiger charge is -2.00. The Morgan fingerprint density at radius 1 is 1.10 bits per heavy atom. The number of hydrogen-bond acceptors (Lipinski definition) is 1. The third kappa shape index (κ3) is 1.94. The Morgan fingerprint density at radius 3 is 2.50 bits per heavy atom. The fraction of sp³-hybridized carbons (Fsp3) is 0.167. The molecule has 100 valence electrons. The molecule has 3 aromatic rings. The van der Waals surface area contributed by atoms with E-state index in [1.165, 1.54) is 11.1 Å². The summed E-state index contributed by atoms with van der Waals surface area (Å²) in [5.74, 6) is 0. The van der Waals surface area contributed by atoms with E-state index in [1.807, 2.05) is 12.1 Å². The lowest BCUT2D eigenvalue weighted by Crippen LogP contribution is -1.84. The Kier molecular flexibility index (Phi) is 3.15. The molecule has 1 aromatic heterocycles. The van der Waals surface area contributed by atoms with E-state index in [4.69, 9.17) is 0 Å². The van der Waals surface area contributed by atoms with E-state index >= 15 is 0 Å². The lowest BCUT2D eigenvalue weighted by atomic mass is 10.0. The van der Waals surface area contributed by atoms with E-state index in [-0.39, 0.29) is 0 Å². The van der Waals surface area contributed by atoms with Crippen LogP contribution in [0.15, 0.2) is 42.5 Å². The maximum absolute atomic E-state index is 11.5. The summed E-state index contributed by atoms with van der Waals surface area (Å²) in [5, 5.41) is 1.01. The van der Waals surface area contributed by atoms with Crippen molar-refractivity contribution in [2.45, 2.75) is 20.3 Å². The van der Waals surface area contributed by atoms with Crippen molar-refractivity contribution < 1.29 is 4.79 Å². The molecule has 0 spiro atoms. The summed E-state index contributed by atoms with van der Waals surface area (Å²) in [6.07, 6.45) is 1.90. The van der Waals surface area contributed by atoms with Crippen molar-refractivity contribution in [2.75, 3.05) is 0 Å². The highest BCUT2D eigenvalue weighted by atomic mass is 16.1. The van der Waals surface area contributed by atoms with Crippen molar-refractivity contribution in [3.63, 3.8) is 0 Å². The summed E-state index contributed by atoms with van der Waals surface area (Å²) in [7, 11) is 0. The SMILES string of the molecule is CCc1cccc2c(C=O)c(-c3ccc(C)cc3)[nH]c12. The van der Waals surface area contributed by atoms with Gasteiger partial charge in [0.15, 0.2) is 6.29 Å². The van der Waals surface area contributed by atoms with E-state index in [0.717, 1.165) is 40.4 Å². The minimum Gasteiger partial charge on any atom is -0.354 e. The van der Waals surface area contributed by atoms with Crippen LogP contribution in [0.3, 0.4) is 0 Å². The molecular weight excluding hydrogens is 246 g/mol. The van der Waals surface area contributed by atoms with Crippen LogP contribution in [0.1, 0.15) is 28.4 Å². The normalized spacial score (nSPS) is 10.9. The van der Waals surface area contributed by atoms with Gasteiger partial charge >= 0.3 is 0 Å². The van der Waals surface area contributed by atoms with Crippen molar-refractivity contribution >= 4 is 17.2 Å². The fourth-order valence-corrected chi connectivity index (χ4v) is 2.66. The molecule has 0 atom stereocenters. The van der Waals surface area contributed by atoms with Crippen LogP contribution >= 0.6 is 0 Å². The van der Waals surface area contributed by atoms with Gasteiger partial charge in [0.25, 0.3) is 0 Å². The monoisotopic (exact) mass is 263 g/mol. The molecule has 0 aliphatic rings. The standard InChI is InChI=1S/C18H17NO/c1-3-13-5-4-6-15-16(11-20)18(19-17(13)15)14-9-7-12(2)8-10-14/h4-11,19H,3H2,1-2H3. The van der Waals surface area contributed by atoms with E-state index in [0.29, 0.717) is 0 Å². The number of carbonyl (C=O) groups excluding carboxylic acids is 1. The van der Waals surface area contributed by atoms with E-state index < -0.39 is 0 Å². The number of aryl methyl sites for hydroxylation is 2.